The molecule has 1 aliphatic carbocycles. The molecule has 1 aliphatic rings. The molecule has 0 aliphatic heterocycles. The summed E-state index contributed by atoms with van der Waals surface area (Å²) in [6.07, 6.45) is 2.36. The highest BCUT2D eigenvalue weighted by Gasteiger charge is 2.42. The molecular weight excluding hydrogens is 231 g/mol. The Labute approximate surface area is 98.0 Å². The summed E-state index contributed by atoms with van der Waals surface area (Å²) in [6, 6.07) is 4.79. The van der Waals surface area contributed by atoms with Gasteiger partial charge in [0, 0.05) is 5.41 Å². The first-order valence-electron chi connectivity index (χ1n) is 5.21. The lowest BCUT2D eigenvalue weighted by molar-refractivity contribution is -0.139. The van der Waals surface area contributed by atoms with Crippen molar-refractivity contribution in [2.75, 3.05) is 0 Å². The number of rotatable bonds is 3. The molecule has 2 nitrogen and oxygen atoms in total. The first-order chi connectivity index (χ1) is 7.55. The van der Waals surface area contributed by atoms with Crippen LogP contribution in [0.5, 0.6) is 0 Å². The van der Waals surface area contributed by atoms with E-state index in [0.717, 1.165) is 19.3 Å². The predicted octanol–water partition coefficient (Wildman–Crippen LogP) is 3.38. The molecule has 0 unspecified atom stereocenters. The third-order valence-corrected chi connectivity index (χ3v) is 3.62. The largest absolute Gasteiger partial charge is 0.481 e. The van der Waals surface area contributed by atoms with E-state index < -0.39 is 17.2 Å². The van der Waals surface area contributed by atoms with Crippen LogP contribution in [0.1, 0.15) is 31.2 Å². The van der Waals surface area contributed by atoms with Crippen LogP contribution in [0, 0.1) is 5.82 Å². The highest BCUT2D eigenvalue weighted by atomic mass is 35.5. The molecule has 1 aromatic rings. The second-order valence-corrected chi connectivity index (χ2v) is 4.71. The fourth-order valence-electron chi connectivity index (χ4n) is 2.35. The van der Waals surface area contributed by atoms with Crippen molar-refractivity contribution in [3.63, 3.8) is 0 Å². The quantitative estimate of drug-likeness (QED) is 0.882. The third-order valence-electron chi connectivity index (χ3n) is 3.32. The van der Waals surface area contributed by atoms with Gasteiger partial charge in [0.2, 0.25) is 0 Å². The average molecular weight is 243 g/mol. The Kier molecular flexibility index (Phi) is 2.89. The van der Waals surface area contributed by atoms with Gasteiger partial charge < -0.3 is 5.11 Å². The summed E-state index contributed by atoms with van der Waals surface area (Å²) >= 11 is 5.72. The Hall–Kier alpha value is -1.09. The van der Waals surface area contributed by atoms with Crippen LogP contribution in [0.4, 0.5) is 4.39 Å². The smallest absolute Gasteiger partial charge is 0.304 e. The zero-order valence-electron chi connectivity index (χ0n) is 8.67. The number of carboxylic acids is 1. The van der Waals surface area contributed by atoms with Gasteiger partial charge in [0.25, 0.3) is 0 Å². The second-order valence-electron chi connectivity index (χ2n) is 4.31. The summed E-state index contributed by atoms with van der Waals surface area (Å²) in [6.45, 7) is 0. The third kappa shape index (κ3) is 1.80. The molecule has 0 spiro atoms. The van der Waals surface area contributed by atoms with Gasteiger partial charge in [-0.05, 0) is 24.5 Å². The first-order valence-corrected chi connectivity index (χ1v) is 5.59. The van der Waals surface area contributed by atoms with Crippen LogP contribution in [0.25, 0.3) is 0 Å². The molecule has 86 valence electrons. The van der Waals surface area contributed by atoms with Crippen molar-refractivity contribution >= 4 is 17.6 Å². The van der Waals surface area contributed by atoms with E-state index >= 15 is 0 Å². The number of hydrogen-bond acceptors (Lipinski definition) is 1. The Bertz CT molecular complexity index is 427. The standard InChI is InChI=1S/C12H12ClFO2/c13-9-4-1-3-8(11(9)14)12(5-2-6-12)7-10(15)16/h1,3-4H,2,5-7H2,(H,15,16). The average Bonchev–Trinajstić information content (AvgIpc) is 2.16. The molecule has 0 radical (unpaired) electrons. The summed E-state index contributed by atoms with van der Waals surface area (Å²) in [4.78, 5) is 10.8. The van der Waals surface area contributed by atoms with Crippen LogP contribution in [0.3, 0.4) is 0 Å². The van der Waals surface area contributed by atoms with Crippen LogP contribution in [-0.4, -0.2) is 11.1 Å². The Morgan fingerprint density at radius 1 is 1.50 bits per heavy atom. The predicted molar refractivity (Wildman–Crippen MR) is 59.2 cm³/mol. The van der Waals surface area contributed by atoms with Crippen LogP contribution in [0.15, 0.2) is 18.2 Å². The number of aliphatic carboxylic acids is 1. The topological polar surface area (TPSA) is 37.3 Å². The van der Waals surface area contributed by atoms with Gasteiger partial charge >= 0.3 is 5.97 Å². The monoisotopic (exact) mass is 242 g/mol. The number of hydrogen-bond donors (Lipinski definition) is 1. The van der Waals surface area contributed by atoms with Crippen molar-refractivity contribution in [2.45, 2.75) is 31.1 Å². The van der Waals surface area contributed by atoms with Gasteiger partial charge in [-0.15, -0.1) is 0 Å². The van der Waals surface area contributed by atoms with E-state index in [2.05, 4.69) is 0 Å². The minimum Gasteiger partial charge on any atom is -0.481 e. The minimum absolute atomic E-state index is 0.0235. The van der Waals surface area contributed by atoms with Crippen LogP contribution in [0.2, 0.25) is 5.02 Å². The molecule has 0 heterocycles. The van der Waals surface area contributed by atoms with Gasteiger partial charge in [-0.3, -0.25) is 4.79 Å². The molecule has 1 aromatic carbocycles. The normalized spacial score (nSPS) is 17.9. The lowest BCUT2D eigenvalue weighted by atomic mass is 9.62. The zero-order chi connectivity index (χ0) is 11.8. The van der Waals surface area contributed by atoms with Gasteiger partial charge in [0.15, 0.2) is 0 Å². The highest BCUT2D eigenvalue weighted by Crippen LogP contribution is 2.48. The number of carbonyl (C=O) groups is 1. The van der Waals surface area contributed by atoms with Crippen LogP contribution < -0.4 is 0 Å². The summed E-state index contributed by atoms with van der Waals surface area (Å²) in [5, 5.41) is 8.94. The van der Waals surface area contributed by atoms with Gasteiger partial charge in [-0.1, -0.05) is 30.2 Å². The van der Waals surface area contributed by atoms with Gasteiger partial charge in [-0.2, -0.15) is 0 Å². The van der Waals surface area contributed by atoms with E-state index in [1.165, 1.54) is 6.07 Å². The Balaban J connectivity index is 2.40. The molecular formula is C12H12ClFO2. The molecule has 0 atom stereocenters. The van der Waals surface area contributed by atoms with E-state index in [-0.39, 0.29) is 11.4 Å². The summed E-state index contributed by atoms with van der Waals surface area (Å²) in [5.41, 5.74) is -0.0884. The Morgan fingerprint density at radius 3 is 2.69 bits per heavy atom. The molecule has 0 amide bonds. The zero-order valence-corrected chi connectivity index (χ0v) is 9.43. The summed E-state index contributed by atoms with van der Waals surface area (Å²) in [5.74, 6) is -1.36. The fourth-order valence-corrected chi connectivity index (χ4v) is 2.52. The van der Waals surface area contributed by atoms with Gasteiger partial charge in [0.05, 0.1) is 11.4 Å². The molecule has 4 heteroatoms. The van der Waals surface area contributed by atoms with E-state index in [1.54, 1.807) is 12.1 Å². The summed E-state index contributed by atoms with van der Waals surface area (Å²) in [7, 11) is 0. The molecule has 1 N–H and O–H groups in total. The molecule has 0 aromatic heterocycles. The second kappa shape index (κ2) is 4.06. The van der Waals surface area contributed by atoms with Crippen molar-refractivity contribution in [1.29, 1.82) is 0 Å². The Morgan fingerprint density at radius 2 is 2.19 bits per heavy atom. The maximum atomic E-state index is 13.8. The lowest BCUT2D eigenvalue weighted by Gasteiger charge is -2.41. The van der Waals surface area contributed by atoms with Crippen molar-refractivity contribution in [3.05, 3.63) is 34.6 Å². The van der Waals surface area contributed by atoms with E-state index in [1.807, 2.05) is 0 Å². The number of benzene rings is 1. The molecule has 2 rings (SSSR count). The highest BCUT2D eigenvalue weighted by molar-refractivity contribution is 6.30. The molecule has 16 heavy (non-hydrogen) atoms. The maximum absolute atomic E-state index is 13.8. The minimum atomic E-state index is -0.890. The maximum Gasteiger partial charge on any atom is 0.304 e. The van der Waals surface area contributed by atoms with Gasteiger partial charge in [-0.25, -0.2) is 4.39 Å². The van der Waals surface area contributed by atoms with Crippen LogP contribution in [-0.2, 0) is 10.2 Å². The van der Waals surface area contributed by atoms with E-state index in [0.29, 0.717) is 5.56 Å². The fraction of sp³-hybridized carbons (Fsp3) is 0.417. The molecule has 1 saturated carbocycles. The van der Waals surface area contributed by atoms with Crippen molar-refractivity contribution in [3.8, 4) is 0 Å². The van der Waals surface area contributed by atoms with Gasteiger partial charge in [0.1, 0.15) is 5.82 Å². The lowest BCUT2D eigenvalue weighted by Crippen LogP contribution is -2.37. The van der Waals surface area contributed by atoms with Crippen molar-refractivity contribution in [2.24, 2.45) is 0 Å². The number of halogens is 2. The van der Waals surface area contributed by atoms with Crippen LogP contribution >= 0.6 is 11.6 Å². The molecule has 0 bridgehead atoms. The van der Waals surface area contributed by atoms with Crippen molar-refractivity contribution < 1.29 is 14.3 Å². The number of carboxylic acid groups (broad SMARTS) is 1. The summed E-state index contributed by atoms with van der Waals surface area (Å²) < 4.78 is 13.8. The molecule has 0 saturated heterocycles. The first kappa shape index (κ1) is 11.4. The van der Waals surface area contributed by atoms with E-state index in [9.17, 15) is 9.18 Å². The van der Waals surface area contributed by atoms with Crippen molar-refractivity contribution in [1.82, 2.24) is 0 Å². The SMILES string of the molecule is O=C(O)CC1(c2cccc(Cl)c2F)CCC1. The van der Waals surface area contributed by atoms with E-state index in [4.69, 9.17) is 16.7 Å². The molecule has 1 fully saturated rings.